The maximum Gasteiger partial charge on any atom is 0.199 e. The SMILES string of the molecule is NC[n+]1ccccc1. The fourth-order valence-corrected chi connectivity index (χ4v) is 0.556. The van der Waals surface area contributed by atoms with Crippen molar-refractivity contribution >= 4 is 0 Å². The van der Waals surface area contributed by atoms with E-state index >= 15 is 0 Å². The Morgan fingerprint density at radius 1 is 1.12 bits per heavy atom. The first kappa shape index (κ1) is 5.25. The lowest BCUT2D eigenvalue weighted by Crippen LogP contribution is -2.36. The van der Waals surface area contributed by atoms with Crippen molar-refractivity contribution in [3.63, 3.8) is 0 Å². The molecule has 0 aliphatic heterocycles. The number of hydrogen-bond donors (Lipinski definition) is 1. The van der Waals surface area contributed by atoms with Crippen LogP contribution in [0.15, 0.2) is 30.6 Å². The van der Waals surface area contributed by atoms with E-state index < -0.39 is 0 Å². The van der Waals surface area contributed by atoms with Crippen molar-refractivity contribution in [1.82, 2.24) is 0 Å². The van der Waals surface area contributed by atoms with Gasteiger partial charge in [-0.3, -0.25) is 5.73 Å². The van der Waals surface area contributed by atoms with Gasteiger partial charge in [-0.2, -0.15) is 4.57 Å². The Morgan fingerprint density at radius 3 is 2.12 bits per heavy atom. The molecule has 1 rings (SSSR count). The van der Waals surface area contributed by atoms with Gasteiger partial charge in [-0.25, -0.2) is 0 Å². The van der Waals surface area contributed by atoms with Crippen molar-refractivity contribution in [3.05, 3.63) is 30.6 Å². The molecule has 0 amide bonds. The van der Waals surface area contributed by atoms with Crippen LogP contribution in [0.25, 0.3) is 0 Å². The number of rotatable bonds is 1. The average Bonchev–Trinajstić information content (AvgIpc) is 1.90. The van der Waals surface area contributed by atoms with Crippen molar-refractivity contribution in [2.45, 2.75) is 6.67 Å². The third kappa shape index (κ3) is 1.04. The topological polar surface area (TPSA) is 29.9 Å². The van der Waals surface area contributed by atoms with Gasteiger partial charge in [0.05, 0.1) is 0 Å². The lowest BCUT2D eigenvalue weighted by molar-refractivity contribution is -0.696. The summed E-state index contributed by atoms with van der Waals surface area (Å²) in [6, 6.07) is 5.87. The molecule has 8 heavy (non-hydrogen) atoms. The van der Waals surface area contributed by atoms with Gasteiger partial charge in [0.2, 0.25) is 0 Å². The van der Waals surface area contributed by atoms with Gasteiger partial charge in [-0.05, 0) is 0 Å². The Kier molecular flexibility index (Phi) is 1.59. The number of aromatic nitrogens is 1. The summed E-state index contributed by atoms with van der Waals surface area (Å²) in [4.78, 5) is 0. The van der Waals surface area contributed by atoms with Crippen molar-refractivity contribution in [2.75, 3.05) is 0 Å². The first-order chi connectivity index (χ1) is 3.93. The van der Waals surface area contributed by atoms with Crippen molar-refractivity contribution in [2.24, 2.45) is 5.73 Å². The monoisotopic (exact) mass is 109 g/mol. The van der Waals surface area contributed by atoms with Crippen LogP contribution in [0, 0.1) is 0 Å². The summed E-state index contributed by atoms with van der Waals surface area (Å²) < 4.78 is 1.90. The highest BCUT2D eigenvalue weighted by atomic mass is 15.0. The zero-order chi connectivity index (χ0) is 5.82. The number of nitrogens with zero attached hydrogens (tertiary/aromatic N) is 1. The van der Waals surface area contributed by atoms with Crippen molar-refractivity contribution < 1.29 is 4.57 Å². The minimum absolute atomic E-state index is 0.556. The maximum absolute atomic E-state index is 5.31. The Hall–Kier alpha value is -0.890. The first-order valence-corrected chi connectivity index (χ1v) is 2.57. The number of hydrogen-bond acceptors (Lipinski definition) is 1. The standard InChI is InChI=1S/C6H9N2/c7-6-8-4-2-1-3-5-8/h1-5H,6-7H2/q+1. The van der Waals surface area contributed by atoms with Crippen LogP contribution in [0.4, 0.5) is 0 Å². The Balaban J connectivity index is 2.83. The van der Waals surface area contributed by atoms with E-state index in [4.69, 9.17) is 5.73 Å². The van der Waals surface area contributed by atoms with Gasteiger partial charge in [-0.15, -0.1) is 0 Å². The molecular weight excluding hydrogens is 100 g/mol. The molecule has 1 aromatic heterocycles. The minimum Gasteiger partial charge on any atom is -0.275 e. The van der Waals surface area contributed by atoms with Gasteiger partial charge >= 0.3 is 0 Å². The molecule has 0 unspecified atom stereocenters. The molecule has 1 aromatic rings. The van der Waals surface area contributed by atoms with E-state index in [1.165, 1.54) is 0 Å². The van der Waals surface area contributed by atoms with Crippen LogP contribution < -0.4 is 10.3 Å². The molecule has 0 saturated heterocycles. The molecule has 42 valence electrons. The second kappa shape index (κ2) is 2.43. The van der Waals surface area contributed by atoms with E-state index in [0.29, 0.717) is 6.67 Å². The second-order valence-electron chi connectivity index (χ2n) is 1.57. The molecule has 2 N–H and O–H groups in total. The zero-order valence-corrected chi connectivity index (χ0v) is 4.62. The average molecular weight is 109 g/mol. The normalized spacial score (nSPS) is 9.12. The van der Waals surface area contributed by atoms with E-state index in [1.807, 2.05) is 35.2 Å². The molecule has 0 saturated carbocycles. The summed E-state index contributed by atoms with van der Waals surface area (Å²) in [6.07, 6.45) is 3.86. The molecule has 0 spiro atoms. The molecule has 0 fully saturated rings. The van der Waals surface area contributed by atoms with E-state index in [-0.39, 0.29) is 0 Å². The zero-order valence-electron chi connectivity index (χ0n) is 4.62. The van der Waals surface area contributed by atoms with Crippen LogP contribution in [0.1, 0.15) is 0 Å². The lowest BCUT2D eigenvalue weighted by Gasteiger charge is -1.84. The van der Waals surface area contributed by atoms with Crippen LogP contribution in [0.2, 0.25) is 0 Å². The molecule has 0 aromatic carbocycles. The lowest BCUT2D eigenvalue weighted by atomic mass is 10.5. The largest absolute Gasteiger partial charge is 0.275 e. The van der Waals surface area contributed by atoms with Gasteiger partial charge in [0, 0.05) is 12.1 Å². The number of pyridine rings is 1. The Bertz CT molecular complexity index is 148. The molecule has 0 radical (unpaired) electrons. The summed E-state index contributed by atoms with van der Waals surface area (Å²) in [5.74, 6) is 0. The quantitative estimate of drug-likeness (QED) is 0.501. The summed E-state index contributed by atoms with van der Waals surface area (Å²) in [6.45, 7) is 0.556. The van der Waals surface area contributed by atoms with Crippen LogP contribution in [-0.2, 0) is 6.67 Å². The molecule has 0 atom stereocenters. The molecule has 2 nitrogen and oxygen atoms in total. The van der Waals surface area contributed by atoms with Gasteiger partial charge in [0.25, 0.3) is 0 Å². The summed E-state index contributed by atoms with van der Waals surface area (Å²) >= 11 is 0. The molecule has 2 heteroatoms. The summed E-state index contributed by atoms with van der Waals surface area (Å²) in [7, 11) is 0. The predicted molar refractivity (Wildman–Crippen MR) is 30.8 cm³/mol. The highest BCUT2D eigenvalue weighted by Crippen LogP contribution is 1.73. The minimum atomic E-state index is 0.556. The number of nitrogens with two attached hydrogens (primary N) is 1. The van der Waals surface area contributed by atoms with Crippen LogP contribution in [0.5, 0.6) is 0 Å². The van der Waals surface area contributed by atoms with Crippen molar-refractivity contribution in [3.8, 4) is 0 Å². The smallest absolute Gasteiger partial charge is 0.199 e. The van der Waals surface area contributed by atoms with Gasteiger partial charge in [0.1, 0.15) is 0 Å². The fraction of sp³-hybridized carbons (Fsp3) is 0.167. The van der Waals surface area contributed by atoms with E-state index in [9.17, 15) is 0 Å². The van der Waals surface area contributed by atoms with Gasteiger partial charge < -0.3 is 0 Å². The second-order valence-corrected chi connectivity index (χ2v) is 1.57. The van der Waals surface area contributed by atoms with Crippen LogP contribution in [-0.4, -0.2) is 0 Å². The van der Waals surface area contributed by atoms with E-state index in [2.05, 4.69) is 0 Å². The molecule has 0 bridgehead atoms. The molecule has 1 heterocycles. The van der Waals surface area contributed by atoms with Crippen LogP contribution >= 0.6 is 0 Å². The highest BCUT2D eigenvalue weighted by molar-refractivity contribution is 4.83. The van der Waals surface area contributed by atoms with Gasteiger partial charge in [0.15, 0.2) is 19.1 Å². The molecule has 0 aliphatic carbocycles. The summed E-state index contributed by atoms with van der Waals surface area (Å²) in [5, 5.41) is 0. The third-order valence-electron chi connectivity index (χ3n) is 0.988. The predicted octanol–water partition coefficient (Wildman–Crippen LogP) is -0.110. The Labute approximate surface area is 48.6 Å². The summed E-state index contributed by atoms with van der Waals surface area (Å²) in [5.41, 5.74) is 5.31. The van der Waals surface area contributed by atoms with Crippen molar-refractivity contribution in [1.29, 1.82) is 0 Å². The van der Waals surface area contributed by atoms with E-state index in [1.54, 1.807) is 0 Å². The first-order valence-electron chi connectivity index (χ1n) is 2.57. The molecular formula is C6H9N2+. The fourth-order valence-electron chi connectivity index (χ4n) is 0.556. The maximum atomic E-state index is 5.31. The Morgan fingerprint density at radius 2 is 1.75 bits per heavy atom. The van der Waals surface area contributed by atoms with Crippen LogP contribution in [0.3, 0.4) is 0 Å². The third-order valence-corrected chi connectivity index (χ3v) is 0.988. The van der Waals surface area contributed by atoms with E-state index in [0.717, 1.165) is 0 Å². The molecule has 0 aliphatic rings. The van der Waals surface area contributed by atoms with Gasteiger partial charge in [-0.1, -0.05) is 6.07 Å². The highest BCUT2D eigenvalue weighted by Gasteiger charge is 1.86.